The molecule has 0 aliphatic rings. The van der Waals surface area contributed by atoms with Crippen LogP contribution in [0.5, 0.6) is 0 Å². The Morgan fingerprint density at radius 2 is 1.06 bits per heavy atom. The summed E-state index contributed by atoms with van der Waals surface area (Å²) in [5.41, 5.74) is 4.96. The number of nitrogens with zero attached hydrogens (tertiary/aromatic N) is 2. The van der Waals surface area contributed by atoms with E-state index in [1.54, 1.807) is 24.3 Å². The molecule has 0 radical (unpaired) electrons. The summed E-state index contributed by atoms with van der Waals surface area (Å²) in [4.78, 5) is 25.2. The summed E-state index contributed by atoms with van der Waals surface area (Å²) in [5, 5.41) is 5.82. The first-order valence-electron chi connectivity index (χ1n) is 12.0. The highest BCUT2D eigenvalue weighted by atomic mass is 16.2. The minimum atomic E-state index is -0.163. The maximum atomic E-state index is 12.7. The fraction of sp³-hybridized carbons (Fsp3) is 0.286. The van der Waals surface area contributed by atoms with Gasteiger partial charge in [0.2, 0.25) is 0 Å². The molecule has 35 heavy (non-hydrogen) atoms. The van der Waals surface area contributed by atoms with Crippen molar-refractivity contribution >= 4 is 30.7 Å². The topological polar surface area (TPSA) is 58.2 Å². The van der Waals surface area contributed by atoms with Crippen LogP contribution in [0.2, 0.25) is 0 Å². The van der Waals surface area contributed by atoms with Gasteiger partial charge in [0.05, 0.1) is 41.8 Å². The molecule has 0 atom stereocenters. The van der Waals surface area contributed by atoms with Crippen LogP contribution in [0, 0.1) is 0 Å². The van der Waals surface area contributed by atoms with Crippen molar-refractivity contribution in [3.63, 3.8) is 0 Å². The molecule has 7 heteroatoms. The molecule has 0 aromatic heterocycles. The highest BCUT2D eigenvalue weighted by Gasteiger charge is 2.31. The first-order valence-corrected chi connectivity index (χ1v) is 12.0. The number of rotatable bonds is 9. The number of carbonyl (C=O) groups is 2. The smallest absolute Gasteiger partial charge is 0.345 e. The van der Waals surface area contributed by atoms with Gasteiger partial charge in [-0.05, 0) is 60.5 Å². The zero-order chi connectivity index (χ0) is 25.6. The molecule has 0 heterocycles. The number of amides is 2. The zero-order valence-electron chi connectivity index (χ0n) is 21.8. The van der Waals surface area contributed by atoms with E-state index in [9.17, 15) is 9.59 Å². The first-order chi connectivity index (χ1) is 16.4. The molecular formula is C28H37BN4O2+2. The minimum absolute atomic E-state index is 0.159. The van der Waals surface area contributed by atoms with Gasteiger partial charge in [0.15, 0.2) is 0 Å². The summed E-state index contributed by atoms with van der Waals surface area (Å²) in [6, 6.07) is 22.5. The van der Waals surface area contributed by atoms with Crippen LogP contribution < -0.4 is 10.6 Å². The molecule has 182 valence electrons. The van der Waals surface area contributed by atoms with Crippen molar-refractivity contribution in [3.8, 4) is 0 Å². The molecule has 0 fully saturated rings. The largest absolute Gasteiger partial charge is 0.657 e. The minimum Gasteiger partial charge on any atom is -0.345 e. The fourth-order valence-corrected chi connectivity index (χ4v) is 4.39. The predicted molar refractivity (Wildman–Crippen MR) is 146 cm³/mol. The number of carbonyl (C=O) groups excluding carboxylic acids is 2. The van der Waals surface area contributed by atoms with Crippen molar-refractivity contribution in [2.75, 3.05) is 45.9 Å². The Kier molecular flexibility index (Phi) is 8.15. The van der Waals surface area contributed by atoms with Gasteiger partial charge < -0.3 is 19.4 Å². The highest BCUT2D eigenvalue weighted by molar-refractivity contribution is 6.16. The molecule has 3 rings (SSSR count). The van der Waals surface area contributed by atoms with Gasteiger partial charge >= 0.3 is 7.55 Å². The lowest BCUT2D eigenvalue weighted by molar-refractivity contribution is -0.888. The van der Waals surface area contributed by atoms with Crippen LogP contribution >= 0.6 is 0 Å². The predicted octanol–water partition coefficient (Wildman–Crippen LogP) is 4.30. The molecule has 0 aliphatic heterocycles. The first kappa shape index (κ1) is 26.2. The summed E-state index contributed by atoms with van der Waals surface area (Å²) >= 11 is 0. The highest BCUT2D eigenvalue weighted by Crippen LogP contribution is 2.17. The van der Waals surface area contributed by atoms with Crippen LogP contribution in [-0.4, -0.2) is 63.4 Å². The van der Waals surface area contributed by atoms with Gasteiger partial charge in [0.1, 0.15) is 0 Å². The van der Waals surface area contributed by atoms with E-state index in [0.29, 0.717) is 22.5 Å². The molecule has 0 saturated heterocycles. The molecule has 2 amide bonds. The molecular weight excluding hydrogens is 435 g/mol. The monoisotopic (exact) mass is 472 g/mol. The van der Waals surface area contributed by atoms with Gasteiger partial charge in [-0.3, -0.25) is 9.59 Å². The maximum absolute atomic E-state index is 12.7. The average molecular weight is 472 g/mol. The summed E-state index contributed by atoms with van der Waals surface area (Å²) in [6.45, 7) is 2.98. The normalized spacial score (nSPS) is 11.6. The summed E-state index contributed by atoms with van der Waals surface area (Å²) in [5.74, 6) is -0.322. The lowest BCUT2D eigenvalue weighted by atomic mass is 9.97. The van der Waals surface area contributed by atoms with Gasteiger partial charge in [-0.15, -0.1) is 0 Å². The van der Waals surface area contributed by atoms with E-state index in [4.69, 9.17) is 0 Å². The second kappa shape index (κ2) is 10.9. The van der Waals surface area contributed by atoms with E-state index in [1.807, 2.05) is 48.5 Å². The number of aryl methyl sites for hydroxylation is 1. The van der Waals surface area contributed by atoms with E-state index in [2.05, 4.69) is 52.8 Å². The molecule has 0 bridgehead atoms. The Labute approximate surface area is 210 Å². The van der Waals surface area contributed by atoms with Crippen molar-refractivity contribution in [2.45, 2.75) is 19.9 Å². The lowest BCUT2D eigenvalue weighted by Gasteiger charge is -2.34. The second-order valence-corrected chi connectivity index (χ2v) is 10.8. The molecule has 0 aliphatic carbocycles. The van der Waals surface area contributed by atoms with E-state index in [1.165, 1.54) is 11.1 Å². The molecule has 3 aromatic carbocycles. The number of anilines is 2. The van der Waals surface area contributed by atoms with E-state index < -0.39 is 0 Å². The number of hydrogen-bond acceptors (Lipinski definition) is 2. The van der Waals surface area contributed by atoms with Gasteiger partial charge in [-0.2, -0.15) is 0 Å². The number of benzene rings is 3. The summed E-state index contributed by atoms with van der Waals surface area (Å²) in [6.07, 6.45) is 0.938. The molecule has 6 nitrogen and oxygen atoms in total. The van der Waals surface area contributed by atoms with Crippen molar-refractivity contribution in [2.24, 2.45) is 0 Å². The van der Waals surface area contributed by atoms with E-state index >= 15 is 0 Å². The Morgan fingerprint density at radius 3 is 1.43 bits per heavy atom. The second-order valence-electron chi connectivity index (χ2n) is 10.8. The molecule has 0 saturated carbocycles. The quantitative estimate of drug-likeness (QED) is 0.457. The Morgan fingerprint density at radius 1 is 0.657 bits per heavy atom. The number of quaternary nitrogens is 2. The van der Waals surface area contributed by atoms with Gasteiger partial charge in [0, 0.05) is 28.1 Å². The van der Waals surface area contributed by atoms with Crippen LogP contribution in [0.3, 0.4) is 0 Å². The molecule has 3 aromatic rings. The maximum Gasteiger partial charge on any atom is 0.657 e. The lowest BCUT2D eigenvalue weighted by Crippen LogP contribution is -2.56. The van der Waals surface area contributed by atoms with Crippen molar-refractivity contribution in [1.29, 1.82) is 0 Å². The van der Waals surface area contributed by atoms with Crippen LogP contribution in [0.25, 0.3) is 0 Å². The van der Waals surface area contributed by atoms with Gasteiger partial charge in [0.25, 0.3) is 11.8 Å². The SMILES string of the molecule is CCc1ccc(C(=O)Nc2ccc(NC(=O)c3ccc(C[N+](C)(C)B[N+](C)(C)C)cc3)cc2)cc1. The van der Waals surface area contributed by atoms with Crippen LogP contribution in [0.1, 0.15) is 38.8 Å². The zero-order valence-corrected chi connectivity index (χ0v) is 21.8. The van der Waals surface area contributed by atoms with Gasteiger partial charge in [-0.25, -0.2) is 0 Å². The van der Waals surface area contributed by atoms with Crippen molar-refractivity contribution in [3.05, 3.63) is 95.1 Å². The third kappa shape index (κ3) is 8.09. The van der Waals surface area contributed by atoms with Crippen LogP contribution in [-0.2, 0) is 13.0 Å². The van der Waals surface area contributed by atoms with Gasteiger partial charge in [-0.1, -0.05) is 31.2 Å². The fourth-order valence-electron chi connectivity index (χ4n) is 4.39. The van der Waals surface area contributed by atoms with E-state index in [0.717, 1.165) is 29.3 Å². The average Bonchev–Trinajstić information content (AvgIpc) is 2.79. The molecule has 0 spiro atoms. The Hall–Kier alpha value is -3.42. The third-order valence-electron chi connectivity index (χ3n) is 5.66. The third-order valence-corrected chi connectivity index (χ3v) is 5.66. The molecule has 0 unspecified atom stereocenters. The summed E-state index contributed by atoms with van der Waals surface area (Å²) in [7, 11) is 12.0. The van der Waals surface area contributed by atoms with Crippen LogP contribution in [0.15, 0.2) is 72.8 Å². The Bertz CT molecular complexity index is 1150. The standard InChI is InChI=1S/C28H35BN4O2/c1-7-21-8-12-23(13-9-21)27(34)30-25-16-18-26(19-17-25)31-28(35)24-14-10-22(11-15-24)20-33(5,6)29-32(2,3)4/h8-19,29H,7,20H2,1-6H3/p+2. The van der Waals surface area contributed by atoms with Crippen molar-refractivity contribution < 1.29 is 18.4 Å². The van der Waals surface area contributed by atoms with E-state index in [-0.39, 0.29) is 11.8 Å². The number of nitrogens with one attached hydrogen (secondary N) is 2. The molecule has 2 N–H and O–H groups in total. The summed E-state index contributed by atoms with van der Waals surface area (Å²) < 4.78 is 1.75. The van der Waals surface area contributed by atoms with Crippen LogP contribution in [0.4, 0.5) is 11.4 Å². The Balaban J connectivity index is 1.56. The number of hydrogen-bond donors (Lipinski definition) is 2. The van der Waals surface area contributed by atoms with Crippen molar-refractivity contribution in [1.82, 2.24) is 0 Å².